The van der Waals surface area contributed by atoms with Gasteiger partial charge in [-0.05, 0) is 63.1 Å². The number of allylic oxidation sites excluding steroid dienone is 1. The number of sulfonamides is 1. The molecule has 1 saturated heterocycles. The summed E-state index contributed by atoms with van der Waals surface area (Å²) in [6.45, 7) is 1.94. The predicted molar refractivity (Wildman–Crippen MR) is 116 cm³/mol. The van der Waals surface area contributed by atoms with Crippen molar-refractivity contribution in [2.45, 2.75) is 62.7 Å². The molecule has 1 aromatic carbocycles. The molecule has 0 bridgehead atoms. The van der Waals surface area contributed by atoms with E-state index in [-0.39, 0.29) is 17.3 Å². The lowest BCUT2D eigenvalue weighted by molar-refractivity contribution is -0.119. The van der Waals surface area contributed by atoms with Gasteiger partial charge in [-0.2, -0.15) is 4.31 Å². The van der Waals surface area contributed by atoms with Crippen LogP contribution in [-0.2, 0) is 14.8 Å². The summed E-state index contributed by atoms with van der Waals surface area (Å²) in [6.07, 6.45) is 12.0. The van der Waals surface area contributed by atoms with E-state index >= 15 is 0 Å². The summed E-state index contributed by atoms with van der Waals surface area (Å²) in [5.74, 6) is -0.0813. The van der Waals surface area contributed by atoms with Gasteiger partial charge in [-0.15, -0.1) is 0 Å². The van der Waals surface area contributed by atoms with Crippen molar-refractivity contribution >= 4 is 21.6 Å². The highest BCUT2D eigenvalue weighted by molar-refractivity contribution is 7.89. The molecule has 2 N–H and O–H groups in total. The fourth-order valence-electron chi connectivity index (χ4n) is 3.94. The average molecular weight is 420 g/mol. The van der Waals surface area contributed by atoms with Crippen molar-refractivity contribution in [1.82, 2.24) is 9.62 Å². The standard InChI is InChI=1S/C22H33N3O3S/c26-22(23-14-13-19-9-4-3-5-10-19)18-24-20-11-8-12-21(17-20)29(27,28)25-15-6-1-2-7-16-25/h8-9,11-12,17,24H,1-7,10,13-16,18H2,(H,23,26). The molecular weight excluding hydrogens is 386 g/mol. The Labute approximate surface area is 174 Å². The fourth-order valence-corrected chi connectivity index (χ4v) is 5.50. The molecule has 1 aliphatic heterocycles. The fraction of sp³-hybridized carbons (Fsp3) is 0.591. The number of benzene rings is 1. The van der Waals surface area contributed by atoms with Crippen LogP contribution < -0.4 is 10.6 Å². The van der Waals surface area contributed by atoms with Crippen LogP contribution in [0.1, 0.15) is 57.8 Å². The zero-order valence-corrected chi connectivity index (χ0v) is 18.0. The number of carbonyl (C=O) groups excluding carboxylic acids is 1. The van der Waals surface area contributed by atoms with Crippen molar-refractivity contribution in [1.29, 1.82) is 0 Å². The van der Waals surface area contributed by atoms with E-state index in [4.69, 9.17) is 0 Å². The Balaban J connectivity index is 1.50. The highest BCUT2D eigenvalue weighted by Gasteiger charge is 2.25. The first-order valence-electron chi connectivity index (χ1n) is 10.8. The van der Waals surface area contributed by atoms with Gasteiger partial charge in [0.2, 0.25) is 15.9 Å². The SMILES string of the molecule is O=C(CNc1cccc(S(=O)(=O)N2CCCCCC2)c1)NCCC1=CCCCC1. The Kier molecular flexibility index (Phi) is 8.12. The van der Waals surface area contributed by atoms with Gasteiger partial charge in [-0.25, -0.2) is 8.42 Å². The molecule has 2 aliphatic rings. The molecule has 7 heteroatoms. The summed E-state index contributed by atoms with van der Waals surface area (Å²) in [5.41, 5.74) is 2.09. The van der Waals surface area contributed by atoms with E-state index in [2.05, 4.69) is 16.7 Å². The molecule has 1 aromatic rings. The van der Waals surface area contributed by atoms with E-state index in [9.17, 15) is 13.2 Å². The molecule has 160 valence electrons. The molecule has 0 saturated carbocycles. The molecule has 0 unspecified atom stereocenters. The highest BCUT2D eigenvalue weighted by atomic mass is 32.2. The third kappa shape index (κ3) is 6.57. The number of hydrogen-bond donors (Lipinski definition) is 2. The molecule has 29 heavy (non-hydrogen) atoms. The molecule has 1 amide bonds. The third-order valence-electron chi connectivity index (χ3n) is 5.64. The van der Waals surface area contributed by atoms with E-state index in [0.717, 1.165) is 44.9 Å². The first-order chi connectivity index (χ1) is 14.1. The van der Waals surface area contributed by atoms with E-state index in [0.29, 0.717) is 25.3 Å². The van der Waals surface area contributed by atoms with Gasteiger partial charge in [0.15, 0.2) is 0 Å². The minimum Gasteiger partial charge on any atom is -0.376 e. The Bertz CT molecular complexity index is 812. The number of hydrogen-bond acceptors (Lipinski definition) is 4. The molecule has 0 atom stereocenters. The van der Waals surface area contributed by atoms with Crippen LogP contribution in [0.25, 0.3) is 0 Å². The van der Waals surface area contributed by atoms with Crippen molar-refractivity contribution in [3.05, 3.63) is 35.9 Å². The van der Waals surface area contributed by atoms with E-state index < -0.39 is 10.0 Å². The van der Waals surface area contributed by atoms with Gasteiger partial charge in [-0.1, -0.05) is 30.6 Å². The molecule has 3 rings (SSSR count). The maximum Gasteiger partial charge on any atom is 0.243 e. The largest absolute Gasteiger partial charge is 0.376 e. The van der Waals surface area contributed by atoms with Crippen molar-refractivity contribution in [3.63, 3.8) is 0 Å². The van der Waals surface area contributed by atoms with Crippen LogP contribution in [0.5, 0.6) is 0 Å². The van der Waals surface area contributed by atoms with Gasteiger partial charge in [-0.3, -0.25) is 4.79 Å². The quantitative estimate of drug-likeness (QED) is 0.630. The lowest BCUT2D eigenvalue weighted by atomic mass is 9.97. The lowest BCUT2D eigenvalue weighted by Crippen LogP contribution is -2.32. The van der Waals surface area contributed by atoms with E-state index in [1.807, 2.05) is 0 Å². The van der Waals surface area contributed by atoms with Gasteiger partial charge >= 0.3 is 0 Å². The van der Waals surface area contributed by atoms with Crippen LogP contribution in [0.3, 0.4) is 0 Å². The Morgan fingerprint density at radius 1 is 1.03 bits per heavy atom. The minimum absolute atomic E-state index is 0.0813. The average Bonchev–Trinajstić information content (AvgIpc) is 3.03. The number of nitrogens with one attached hydrogen (secondary N) is 2. The normalized spacial score (nSPS) is 18.6. The van der Waals surface area contributed by atoms with Crippen LogP contribution in [-0.4, -0.2) is 44.8 Å². The van der Waals surface area contributed by atoms with Crippen molar-refractivity contribution in [2.75, 3.05) is 31.5 Å². The summed E-state index contributed by atoms with van der Waals surface area (Å²) >= 11 is 0. The zero-order valence-electron chi connectivity index (χ0n) is 17.2. The Morgan fingerprint density at radius 2 is 1.83 bits per heavy atom. The first kappa shape index (κ1) is 21.8. The molecule has 1 heterocycles. The van der Waals surface area contributed by atoms with Crippen molar-refractivity contribution < 1.29 is 13.2 Å². The maximum atomic E-state index is 12.9. The summed E-state index contributed by atoms with van der Waals surface area (Å²) in [4.78, 5) is 12.4. The second-order valence-corrected chi connectivity index (χ2v) is 9.85. The second kappa shape index (κ2) is 10.8. The Hall–Kier alpha value is -1.86. The van der Waals surface area contributed by atoms with Crippen LogP contribution >= 0.6 is 0 Å². The lowest BCUT2D eigenvalue weighted by Gasteiger charge is -2.20. The molecular formula is C22H33N3O3S. The zero-order chi connectivity index (χ0) is 20.5. The first-order valence-corrected chi connectivity index (χ1v) is 12.3. The van der Waals surface area contributed by atoms with Crippen LogP contribution in [0, 0.1) is 0 Å². The van der Waals surface area contributed by atoms with E-state index in [1.54, 1.807) is 28.6 Å². The number of carbonyl (C=O) groups is 1. The van der Waals surface area contributed by atoms with E-state index in [1.165, 1.54) is 18.4 Å². The number of anilines is 1. The van der Waals surface area contributed by atoms with Gasteiger partial charge in [0.05, 0.1) is 11.4 Å². The molecule has 1 aliphatic carbocycles. The monoisotopic (exact) mass is 419 g/mol. The highest BCUT2D eigenvalue weighted by Crippen LogP contribution is 2.23. The topological polar surface area (TPSA) is 78.5 Å². The summed E-state index contributed by atoms with van der Waals surface area (Å²) < 4.78 is 27.5. The van der Waals surface area contributed by atoms with Crippen LogP contribution in [0.4, 0.5) is 5.69 Å². The molecule has 0 spiro atoms. The molecule has 1 fully saturated rings. The van der Waals surface area contributed by atoms with Gasteiger partial charge in [0.25, 0.3) is 0 Å². The number of nitrogens with zero attached hydrogens (tertiary/aromatic N) is 1. The Morgan fingerprint density at radius 3 is 2.55 bits per heavy atom. The maximum absolute atomic E-state index is 12.9. The van der Waals surface area contributed by atoms with Crippen LogP contribution in [0.2, 0.25) is 0 Å². The minimum atomic E-state index is -3.49. The summed E-state index contributed by atoms with van der Waals surface area (Å²) in [6, 6.07) is 6.77. The number of rotatable bonds is 8. The summed E-state index contributed by atoms with van der Waals surface area (Å²) in [7, 11) is -3.49. The molecule has 6 nitrogen and oxygen atoms in total. The van der Waals surface area contributed by atoms with Crippen molar-refractivity contribution in [2.24, 2.45) is 0 Å². The van der Waals surface area contributed by atoms with Crippen molar-refractivity contribution in [3.8, 4) is 0 Å². The van der Waals surface area contributed by atoms with Crippen LogP contribution in [0.15, 0.2) is 40.8 Å². The number of amides is 1. The van der Waals surface area contributed by atoms with Gasteiger partial charge < -0.3 is 10.6 Å². The molecule has 0 aromatic heterocycles. The van der Waals surface area contributed by atoms with Gasteiger partial charge in [0, 0.05) is 25.3 Å². The third-order valence-corrected chi connectivity index (χ3v) is 7.54. The molecule has 0 radical (unpaired) electrons. The predicted octanol–water partition coefficient (Wildman–Crippen LogP) is 3.67. The smallest absolute Gasteiger partial charge is 0.243 e. The second-order valence-electron chi connectivity index (χ2n) is 7.91. The van der Waals surface area contributed by atoms with Gasteiger partial charge in [0.1, 0.15) is 0 Å². The summed E-state index contributed by atoms with van der Waals surface area (Å²) in [5, 5.41) is 5.99.